The van der Waals surface area contributed by atoms with Crippen molar-refractivity contribution < 1.29 is 14.7 Å². The van der Waals surface area contributed by atoms with E-state index in [1.165, 1.54) is 0 Å². The van der Waals surface area contributed by atoms with Crippen molar-refractivity contribution in [2.24, 2.45) is 0 Å². The minimum Gasteiger partial charge on any atom is -0.481 e. The summed E-state index contributed by atoms with van der Waals surface area (Å²) < 4.78 is 0. The van der Waals surface area contributed by atoms with E-state index in [0.717, 1.165) is 0 Å². The van der Waals surface area contributed by atoms with Gasteiger partial charge in [0.2, 0.25) is 0 Å². The molecule has 3 N–H and O–H groups in total. The summed E-state index contributed by atoms with van der Waals surface area (Å²) in [4.78, 5) is 23.0. The largest absolute Gasteiger partial charge is 0.481 e. The van der Waals surface area contributed by atoms with Gasteiger partial charge in [-0.05, 0) is 17.7 Å². The van der Waals surface area contributed by atoms with Gasteiger partial charge in [-0.1, -0.05) is 36.4 Å². The van der Waals surface area contributed by atoms with Crippen LogP contribution in [0.15, 0.2) is 48.5 Å². The molecule has 0 aromatic heterocycles. The Morgan fingerprint density at radius 1 is 1.05 bits per heavy atom. The molecule has 0 saturated heterocycles. The van der Waals surface area contributed by atoms with Crippen LogP contribution < -0.4 is 5.73 Å². The number of carbonyl (C=O) groups excluding carboxylic acids is 1. The Morgan fingerprint density at radius 2 is 1.74 bits per heavy atom. The van der Waals surface area contributed by atoms with Crippen molar-refractivity contribution in [1.29, 1.82) is 0 Å². The van der Waals surface area contributed by atoms with Crippen LogP contribution in [-0.2, 0) is 11.2 Å². The molecule has 0 saturated carbocycles. The molecule has 0 aliphatic heterocycles. The molecule has 2 aromatic carbocycles. The summed E-state index contributed by atoms with van der Waals surface area (Å²) in [5.41, 5.74) is 7.56. The number of nitrogen functional groups attached to an aromatic ring is 1. The number of rotatable bonds is 4. The molecule has 0 fully saturated rings. The fourth-order valence-corrected chi connectivity index (χ4v) is 1.83. The van der Waals surface area contributed by atoms with Crippen LogP contribution >= 0.6 is 0 Å². The number of benzene rings is 2. The average molecular weight is 255 g/mol. The monoisotopic (exact) mass is 255 g/mol. The Morgan fingerprint density at radius 3 is 2.37 bits per heavy atom. The zero-order valence-corrected chi connectivity index (χ0v) is 10.2. The fraction of sp³-hybridized carbons (Fsp3) is 0.0667. The first kappa shape index (κ1) is 12.8. The first-order valence-corrected chi connectivity index (χ1v) is 5.78. The van der Waals surface area contributed by atoms with Gasteiger partial charge in [0.05, 0.1) is 6.42 Å². The highest BCUT2D eigenvalue weighted by Crippen LogP contribution is 2.19. The quantitative estimate of drug-likeness (QED) is 0.647. The summed E-state index contributed by atoms with van der Waals surface area (Å²) in [6.45, 7) is 0. The van der Waals surface area contributed by atoms with Gasteiger partial charge in [0, 0.05) is 16.8 Å². The van der Waals surface area contributed by atoms with Gasteiger partial charge in [0.15, 0.2) is 5.78 Å². The van der Waals surface area contributed by atoms with Gasteiger partial charge in [-0.15, -0.1) is 0 Å². The topological polar surface area (TPSA) is 80.4 Å². The molecule has 0 aliphatic rings. The van der Waals surface area contributed by atoms with Gasteiger partial charge in [-0.25, -0.2) is 0 Å². The predicted molar refractivity (Wildman–Crippen MR) is 72.1 cm³/mol. The van der Waals surface area contributed by atoms with Crippen molar-refractivity contribution >= 4 is 17.4 Å². The zero-order valence-electron chi connectivity index (χ0n) is 10.2. The van der Waals surface area contributed by atoms with Crippen molar-refractivity contribution in [3.05, 3.63) is 65.2 Å². The van der Waals surface area contributed by atoms with Crippen LogP contribution in [0.2, 0.25) is 0 Å². The first-order chi connectivity index (χ1) is 9.08. The third kappa shape index (κ3) is 2.98. The molecule has 0 unspecified atom stereocenters. The second-order valence-electron chi connectivity index (χ2n) is 4.19. The van der Waals surface area contributed by atoms with Gasteiger partial charge in [-0.2, -0.15) is 0 Å². The fourth-order valence-electron chi connectivity index (χ4n) is 1.83. The number of carboxylic acids is 1. The number of hydrogen-bond acceptors (Lipinski definition) is 3. The summed E-state index contributed by atoms with van der Waals surface area (Å²) >= 11 is 0. The summed E-state index contributed by atoms with van der Waals surface area (Å²) in [7, 11) is 0. The van der Waals surface area contributed by atoms with E-state index in [9.17, 15) is 9.59 Å². The zero-order chi connectivity index (χ0) is 13.8. The second-order valence-corrected chi connectivity index (χ2v) is 4.19. The molecule has 96 valence electrons. The molecule has 0 aliphatic carbocycles. The van der Waals surface area contributed by atoms with Gasteiger partial charge in [0.1, 0.15) is 0 Å². The smallest absolute Gasteiger partial charge is 0.307 e. The van der Waals surface area contributed by atoms with E-state index >= 15 is 0 Å². The number of aliphatic carboxylic acids is 1. The summed E-state index contributed by atoms with van der Waals surface area (Å²) in [6.07, 6.45) is -0.130. The van der Waals surface area contributed by atoms with E-state index < -0.39 is 5.97 Å². The van der Waals surface area contributed by atoms with Crippen LogP contribution in [0.25, 0.3) is 0 Å². The van der Waals surface area contributed by atoms with Crippen molar-refractivity contribution in [3.8, 4) is 0 Å². The molecule has 2 rings (SSSR count). The Labute approximate surface area is 110 Å². The van der Waals surface area contributed by atoms with Crippen molar-refractivity contribution in [2.45, 2.75) is 6.42 Å². The number of carbonyl (C=O) groups is 2. The number of ketones is 1. The van der Waals surface area contributed by atoms with Crippen LogP contribution in [0.5, 0.6) is 0 Å². The normalized spacial score (nSPS) is 10.1. The molecule has 0 atom stereocenters. The second kappa shape index (κ2) is 5.35. The molecule has 19 heavy (non-hydrogen) atoms. The maximum Gasteiger partial charge on any atom is 0.307 e. The molecule has 4 heteroatoms. The van der Waals surface area contributed by atoms with E-state index in [0.29, 0.717) is 22.4 Å². The van der Waals surface area contributed by atoms with Gasteiger partial charge in [0.25, 0.3) is 0 Å². The number of hydrogen-bond donors (Lipinski definition) is 2. The van der Waals surface area contributed by atoms with Crippen LogP contribution in [0.4, 0.5) is 5.69 Å². The van der Waals surface area contributed by atoms with Crippen LogP contribution in [0, 0.1) is 0 Å². The highest BCUT2D eigenvalue weighted by molar-refractivity contribution is 6.12. The first-order valence-electron chi connectivity index (χ1n) is 5.78. The molecule has 2 aromatic rings. The average Bonchev–Trinajstić information content (AvgIpc) is 2.40. The molecular weight excluding hydrogens is 242 g/mol. The highest BCUT2D eigenvalue weighted by atomic mass is 16.4. The van der Waals surface area contributed by atoms with Gasteiger partial charge >= 0.3 is 5.97 Å². The Kier molecular flexibility index (Phi) is 3.61. The van der Waals surface area contributed by atoms with Crippen LogP contribution in [0.1, 0.15) is 21.5 Å². The Hall–Kier alpha value is -2.62. The van der Waals surface area contributed by atoms with Crippen molar-refractivity contribution in [2.75, 3.05) is 5.73 Å². The number of anilines is 1. The molecular formula is C15H13NO3. The lowest BCUT2D eigenvalue weighted by Crippen LogP contribution is -2.08. The number of nitrogens with two attached hydrogens (primary N) is 1. The summed E-state index contributed by atoms with van der Waals surface area (Å²) in [6, 6.07) is 13.5. The van der Waals surface area contributed by atoms with E-state index in [4.69, 9.17) is 10.8 Å². The number of carboxylic acid groups (broad SMARTS) is 1. The third-order valence-corrected chi connectivity index (χ3v) is 2.75. The lowest BCUT2D eigenvalue weighted by atomic mass is 9.99. The molecule has 0 heterocycles. The minimum absolute atomic E-state index is 0.130. The Balaban J connectivity index is 2.38. The third-order valence-electron chi connectivity index (χ3n) is 2.75. The lowest BCUT2D eigenvalue weighted by molar-refractivity contribution is -0.136. The molecule has 4 nitrogen and oxygen atoms in total. The Bertz CT molecular complexity index is 621. The molecule has 0 radical (unpaired) electrons. The molecule has 0 spiro atoms. The summed E-state index contributed by atoms with van der Waals surface area (Å²) in [5.74, 6) is -1.15. The minimum atomic E-state index is -0.942. The van der Waals surface area contributed by atoms with E-state index in [2.05, 4.69) is 0 Å². The highest BCUT2D eigenvalue weighted by Gasteiger charge is 2.13. The SMILES string of the molecule is Nc1ccc(CC(=O)O)cc1C(=O)c1ccccc1. The standard InChI is InChI=1S/C15H13NO3/c16-13-7-6-10(9-14(17)18)8-12(13)15(19)11-4-2-1-3-5-11/h1-8H,9,16H2,(H,17,18). The predicted octanol–water partition coefficient (Wildman–Crippen LogP) is 2.13. The molecule has 0 amide bonds. The van der Waals surface area contributed by atoms with Crippen LogP contribution in [0.3, 0.4) is 0 Å². The van der Waals surface area contributed by atoms with E-state index in [-0.39, 0.29) is 12.2 Å². The maximum atomic E-state index is 12.3. The van der Waals surface area contributed by atoms with Gasteiger partial charge < -0.3 is 10.8 Å². The van der Waals surface area contributed by atoms with Crippen molar-refractivity contribution in [3.63, 3.8) is 0 Å². The van der Waals surface area contributed by atoms with E-state index in [1.54, 1.807) is 42.5 Å². The molecule has 0 bridgehead atoms. The lowest BCUT2D eigenvalue weighted by Gasteiger charge is -2.07. The summed E-state index contributed by atoms with van der Waals surface area (Å²) in [5, 5.41) is 8.77. The van der Waals surface area contributed by atoms with Gasteiger partial charge in [-0.3, -0.25) is 9.59 Å². The van der Waals surface area contributed by atoms with Crippen LogP contribution in [-0.4, -0.2) is 16.9 Å². The van der Waals surface area contributed by atoms with Crippen molar-refractivity contribution in [1.82, 2.24) is 0 Å². The maximum absolute atomic E-state index is 12.3. The van der Waals surface area contributed by atoms with E-state index in [1.807, 2.05) is 6.07 Å².